The highest BCUT2D eigenvalue weighted by Gasteiger charge is 2.25. The van der Waals surface area contributed by atoms with Crippen LogP contribution >= 0.6 is 0 Å². The van der Waals surface area contributed by atoms with E-state index in [-0.39, 0.29) is 27.4 Å². The van der Waals surface area contributed by atoms with Gasteiger partial charge in [0.1, 0.15) is 5.75 Å². The third-order valence-electron chi connectivity index (χ3n) is 16.1. The van der Waals surface area contributed by atoms with Crippen molar-refractivity contribution < 1.29 is 5.11 Å². The summed E-state index contributed by atoms with van der Waals surface area (Å²) in [6.07, 6.45) is 1.93. The number of benzene rings is 8. The van der Waals surface area contributed by atoms with E-state index in [9.17, 15) is 5.11 Å². The summed E-state index contributed by atoms with van der Waals surface area (Å²) >= 11 is 0. The van der Waals surface area contributed by atoms with E-state index < -0.39 is 0 Å². The fourth-order valence-corrected chi connectivity index (χ4v) is 11.4. The molecule has 0 fully saturated rings. The number of aromatic nitrogens is 4. The van der Waals surface area contributed by atoms with Crippen LogP contribution in [0.2, 0.25) is 0 Å². The van der Waals surface area contributed by atoms with Gasteiger partial charge in [-0.1, -0.05) is 180 Å². The summed E-state index contributed by atoms with van der Waals surface area (Å²) < 4.78 is 4.87. The minimum absolute atomic E-state index is 0.0271. The van der Waals surface area contributed by atoms with E-state index in [1.165, 1.54) is 54.8 Å². The Labute approximate surface area is 465 Å². The van der Waals surface area contributed by atoms with Gasteiger partial charge in [-0.3, -0.25) is 4.98 Å². The summed E-state index contributed by atoms with van der Waals surface area (Å²) in [5.41, 5.74) is 21.5. The number of hydrogen-bond acceptors (Lipinski definition) is 3. The summed E-state index contributed by atoms with van der Waals surface area (Å²) in [4.78, 5) is 10.3. The molecular formula is C74H70N4O. The Bertz CT molecular complexity index is 4240. The number of rotatable bonds is 7. The van der Waals surface area contributed by atoms with E-state index >= 15 is 0 Å². The number of aromatic hydroxyl groups is 1. The van der Waals surface area contributed by atoms with Crippen LogP contribution in [-0.2, 0) is 21.7 Å². The molecule has 5 nitrogen and oxygen atoms in total. The van der Waals surface area contributed by atoms with Gasteiger partial charge in [-0.2, -0.15) is 0 Å². The van der Waals surface area contributed by atoms with E-state index in [1.807, 2.05) is 24.4 Å². The van der Waals surface area contributed by atoms with Gasteiger partial charge in [0.15, 0.2) is 0 Å². The highest BCUT2D eigenvalue weighted by Crippen LogP contribution is 2.43. The van der Waals surface area contributed by atoms with Crippen molar-refractivity contribution in [2.24, 2.45) is 0 Å². The zero-order chi connectivity index (χ0) is 55.3. The molecule has 0 spiro atoms. The number of fused-ring (bicyclic) bond motifs is 6. The molecule has 0 unspecified atom stereocenters. The molecule has 0 atom stereocenters. The van der Waals surface area contributed by atoms with Crippen LogP contribution in [0.5, 0.6) is 5.75 Å². The fraction of sp³-hybridized carbons (Fsp3) is 0.216. The summed E-state index contributed by atoms with van der Waals surface area (Å²) in [6.45, 7) is 27.4. The molecule has 12 aromatic rings. The first kappa shape index (κ1) is 51.2. The van der Waals surface area contributed by atoms with Crippen molar-refractivity contribution in [2.75, 3.05) is 0 Å². The van der Waals surface area contributed by atoms with Crippen LogP contribution in [-0.4, -0.2) is 24.2 Å². The molecule has 0 saturated heterocycles. The summed E-state index contributed by atoms with van der Waals surface area (Å²) in [6, 6.07) is 70.3. The van der Waals surface area contributed by atoms with E-state index in [0.717, 1.165) is 67.2 Å². The van der Waals surface area contributed by atoms with E-state index in [1.54, 1.807) is 6.07 Å². The van der Waals surface area contributed by atoms with Gasteiger partial charge in [0.25, 0.3) is 0 Å². The van der Waals surface area contributed by atoms with Crippen LogP contribution in [0.15, 0.2) is 200 Å². The maximum atomic E-state index is 11.2. The van der Waals surface area contributed by atoms with E-state index in [2.05, 4.69) is 262 Å². The highest BCUT2D eigenvalue weighted by atomic mass is 16.3. The second-order valence-electron chi connectivity index (χ2n) is 25.8. The van der Waals surface area contributed by atoms with Crippen LogP contribution < -0.4 is 0 Å². The molecule has 5 heteroatoms. The number of para-hydroxylation sites is 3. The first-order valence-corrected chi connectivity index (χ1v) is 27.8. The largest absolute Gasteiger partial charge is 0.507 e. The van der Waals surface area contributed by atoms with Crippen molar-refractivity contribution in [3.63, 3.8) is 0 Å². The van der Waals surface area contributed by atoms with Crippen LogP contribution in [0, 0.1) is 0 Å². The van der Waals surface area contributed by atoms with Crippen molar-refractivity contribution >= 4 is 43.6 Å². The van der Waals surface area contributed by atoms with Gasteiger partial charge in [0.05, 0.1) is 39.1 Å². The number of nitrogens with zero attached hydrogens (tertiary/aromatic N) is 4. The van der Waals surface area contributed by atoms with Gasteiger partial charge < -0.3 is 14.2 Å². The van der Waals surface area contributed by atoms with Crippen molar-refractivity contribution in [3.05, 3.63) is 223 Å². The average molecular weight is 1030 g/mol. The Morgan fingerprint density at radius 2 is 0.823 bits per heavy atom. The van der Waals surface area contributed by atoms with Gasteiger partial charge in [0, 0.05) is 61.4 Å². The minimum atomic E-state index is -0.0555. The Morgan fingerprint density at radius 1 is 0.329 bits per heavy atom. The zero-order valence-corrected chi connectivity index (χ0v) is 47.8. The maximum absolute atomic E-state index is 11.2. The standard InChI is InChI=1S/C74H70N4O/c1-71(2,3)51-27-33-67-61(44-51)62-45-52(72(4,5)6)28-34-68(62)77(67)55-29-31-56(32-30-55)78-66-25-15-13-21-58(66)59-24-18-23-57(70(59)78)46-35-36-75-63(40-46)47-19-17-20-48(37-47)64-41-50(42-65(76-64)60-22-14-16-26-69(60)79)49-38-53(73(7,8)9)43-54(39-49)74(10,11)12/h13-45,79H,1-12H3. The van der Waals surface area contributed by atoms with E-state index in [0.29, 0.717) is 11.3 Å². The van der Waals surface area contributed by atoms with Gasteiger partial charge in [-0.15, -0.1) is 0 Å². The van der Waals surface area contributed by atoms with Gasteiger partial charge in [-0.05, 0) is 158 Å². The molecule has 1 N–H and O–H groups in total. The monoisotopic (exact) mass is 1030 g/mol. The van der Waals surface area contributed by atoms with Crippen molar-refractivity contribution in [3.8, 4) is 73.2 Å². The molecule has 0 aliphatic carbocycles. The smallest absolute Gasteiger partial charge is 0.124 e. The molecule has 0 aliphatic heterocycles. The van der Waals surface area contributed by atoms with E-state index in [4.69, 9.17) is 9.97 Å². The first-order valence-electron chi connectivity index (χ1n) is 27.8. The van der Waals surface area contributed by atoms with Crippen LogP contribution in [0.25, 0.3) is 111 Å². The number of phenols is 1. The van der Waals surface area contributed by atoms with Gasteiger partial charge in [0.2, 0.25) is 0 Å². The summed E-state index contributed by atoms with van der Waals surface area (Å²) in [7, 11) is 0. The highest BCUT2D eigenvalue weighted by molar-refractivity contribution is 6.14. The zero-order valence-electron chi connectivity index (χ0n) is 47.8. The lowest BCUT2D eigenvalue weighted by Crippen LogP contribution is -2.16. The normalized spacial score (nSPS) is 12.6. The Balaban J connectivity index is 0.962. The second kappa shape index (κ2) is 18.8. The third kappa shape index (κ3) is 9.39. The molecule has 79 heavy (non-hydrogen) atoms. The molecule has 0 aliphatic rings. The SMILES string of the molecule is CC(C)(C)c1cc(-c2cc(-c3cccc(-c4cc(-c5cccc6c7ccccc7n(-c7ccc(-n8c9ccc(C(C)(C)C)cc9c9cc(C(C)(C)C)ccc98)cc7)c56)ccn4)c3)nc(-c3ccccc3O)c2)cc(C(C)(C)C)c1. The number of hydrogen-bond donors (Lipinski definition) is 1. The van der Waals surface area contributed by atoms with Crippen LogP contribution in [0.1, 0.15) is 105 Å². The topological polar surface area (TPSA) is 55.9 Å². The summed E-state index contributed by atoms with van der Waals surface area (Å²) in [5, 5.41) is 16.2. The third-order valence-corrected chi connectivity index (χ3v) is 16.1. The molecule has 0 saturated carbocycles. The minimum Gasteiger partial charge on any atom is -0.507 e. The lowest BCUT2D eigenvalue weighted by Gasteiger charge is -2.26. The molecule has 0 bridgehead atoms. The first-order chi connectivity index (χ1) is 37.6. The summed E-state index contributed by atoms with van der Waals surface area (Å²) in [5.74, 6) is 0.196. The van der Waals surface area contributed by atoms with Gasteiger partial charge in [-0.25, -0.2) is 4.98 Å². The predicted octanol–water partition coefficient (Wildman–Crippen LogP) is 19.9. The van der Waals surface area contributed by atoms with Crippen molar-refractivity contribution in [2.45, 2.75) is 105 Å². The second-order valence-corrected chi connectivity index (χ2v) is 25.8. The Kier molecular flexibility index (Phi) is 12.2. The maximum Gasteiger partial charge on any atom is 0.124 e. The Hall–Kier alpha value is -8.54. The number of pyridine rings is 2. The molecule has 4 aromatic heterocycles. The van der Waals surface area contributed by atoms with Crippen LogP contribution in [0.3, 0.4) is 0 Å². The predicted molar refractivity (Wildman–Crippen MR) is 334 cm³/mol. The molecule has 4 heterocycles. The van der Waals surface area contributed by atoms with Crippen LogP contribution in [0.4, 0.5) is 0 Å². The molecule has 0 amide bonds. The molecular weight excluding hydrogens is 961 g/mol. The number of phenolic OH excluding ortho intramolecular Hbond substituents is 1. The lowest BCUT2D eigenvalue weighted by atomic mass is 9.79. The van der Waals surface area contributed by atoms with Crippen molar-refractivity contribution in [1.29, 1.82) is 0 Å². The van der Waals surface area contributed by atoms with Gasteiger partial charge >= 0.3 is 0 Å². The molecule has 8 aromatic carbocycles. The quantitative estimate of drug-likeness (QED) is 0.173. The van der Waals surface area contributed by atoms with Crippen molar-refractivity contribution in [1.82, 2.24) is 19.1 Å². The fourth-order valence-electron chi connectivity index (χ4n) is 11.4. The average Bonchev–Trinajstić information content (AvgIpc) is 4.19. The lowest BCUT2D eigenvalue weighted by molar-refractivity contribution is 0.477. The molecule has 12 rings (SSSR count). The molecule has 0 radical (unpaired) electrons. The molecule has 392 valence electrons. The Morgan fingerprint density at radius 3 is 1.44 bits per heavy atom.